The smallest absolute Gasteiger partial charge is 0.243 e. The Bertz CT molecular complexity index is 1270. The van der Waals surface area contributed by atoms with Gasteiger partial charge in [0.1, 0.15) is 11.9 Å². The summed E-state index contributed by atoms with van der Waals surface area (Å²) in [6.07, 6.45) is 10.5. The van der Waals surface area contributed by atoms with Crippen molar-refractivity contribution in [3.63, 3.8) is 0 Å². The van der Waals surface area contributed by atoms with Crippen LogP contribution < -0.4 is 21.3 Å². The number of fused-ring (bicyclic) bond motifs is 1. The van der Waals surface area contributed by atoms with Crippen LogP contribution in [0.4, 0.5) is 4.39 Å². The van der Waals surface area contributed by atoms with Gasteiger partial charge in [0.2, 0.25) is 11.8 Å². The first-order valence-corrected chi connectivity index (χ1v) is 19.7. The van der Waals surface area contributed by atoms with Crippen molar-refractivity contribution in [3.8, 4) is 0 Å². The van der Waals surface area contributed by atoms with Crippen molar-refractivity contribution in [2.24, 2.45) is 5.92 Å². The number of hydrogen-bond donors (Lipinski definition) is 4. The molecular formula is C43H72FN5O2. The Morgan fingerprint density at radius 3 is 2.24 bits per heavy atom. The topological polar surface area (TPSA) is 85.5 Å². The van der Waals surface area contributed by atoms with Gasteiger partial charge in [-0.05, 0) is 99.7 Å². The molecule has 0 spiro atoms. The molecule has 7 nitrogen and oxygen atoms in total. The maximum absolute atomic E-state index is 13.3. The third-order valence-corrected chi connectivity index (χ3v) is 8.76. The summed E-state index contributed by atoms with van der Waals surface area (Å²) in [5.41, 5.74) is 5.31. The highest BCUT2D eigenvalue weighted by Gasteiger charge is 2.24. The molecule has 288 valence electrons. The van der Waals surface area contributed by atoms with E-state index in [4.69, 9.17) is 0 Å². The highest BCUT2D eigenvalue weighted by atomic mass is 19.1. The third kappa shape index (κ3) is 20.4. The third-order valence-electron chi connectivity index (χ3n) is 8.76. The van der Waals surface area contributed by atoms with E-state index in [0.717, 1.165) is 81.3 Å². The first-order chi connectivity index (χ1) is 24.5. The fourth-order valence-electron chi connectivity index (χ4n) is 5.90. The van der Waals surface area contributed by atoms with Gasteiger partial charge in [0.15, 0.2) is 0 Å². The number of amides is 2. The second kappa shape index (κ2) is 27.4. The van der Waals surface area contributed by atoms with Crippen LogP contribution in [0, 0.1) is 18.7 Å². The first kappa shape index (κ1) is 45.8. The molecule has 0 fully saturated rings. The zero-order valence-corrected chi connectivity index (χ0v) is 33.4. The van der Waals surface area contributed by atoms with E-state index < -0.39 is 6.04 Å². The van der Waals surface area contributed by atoms with Gasteiger partial charge >= 0.3 is 0 Å². The summed E-state index contributed by atoms with van der Waals surface area (Å²) in [5, 5.41) is 12.8. The minimum Gasteiger partial charge on any atom is -0.379 e. The average Bonchev–Trinajstić information content (AvgIpc) is 3.10. The number of unbranched alkanes of at least 4 members (excludes halogenated alkanes) is 2. The summed E-state index contributed by atoms with van der Waals surface area (Å²) in [6.45, 7) is 24.6. The molecule has 0 saturated carbocycles. The quantitative estimate of drug-likeness (QED) is 0.189. The predicted molar refractivity (Wildman–Crippen MR) is 215 cm³/mol. The summed E-state index contributed by atoms with van der Waals surface area (Å²) in [7, 11) is 0. The Morgan fingerprint density at radius 2 is 1.59 bits per heavy atom. The number of halogens is 1. The molecule has 1 aliphatic heterocycles. The minimum absolute atomic E-state index is 0.0631. The van der Waals surface area contributed by atoms with Crippen molar-refractivity contribution in [1.82, 2.24) is 26.2 Å². The largest absolute Gasteiger partial charge is 0.379 e. The van der Waals surface area contributed by atoms with Gasteiger partial charge in [-0.2, -0.15) is 0 Å². The number of carbonyl (C=O) groups excluding carboxylic acids is 2. The van der Waals surface area contributed by atoms with Crippen LogP contribution in [0.15, 0.2) is 54.7 Å². The summed E-state index contributed by atoms with van der Waals surface area (Å²) in [5.74, 6) is -0.0769. The molecule has 4 N–H and O–H groups in total. The van der Waals surface area contributed by atoms with Crippen LogP contribution in [0.5, 0.6) is 0 Å². The van der Waals surface area contributed by atoms with E-state index >= 15 is 0 Å². The van der Waals surface area contributed by atoms with Crippen molar-refractivity contribution < 1.29 is 14.0 Å². The van der Waals surface area contributed by atoms with Gasteiger partial charge in [-0.25, -0.2) is 4.39 Å². The number of benzene rings is 2. The highest BCUT2D eigenvalue weighted by molar-refractivity contribution is 5.88. The van der Waals surface area contributed by atoms with Gasteiger partial charge < -0.3 is 26.2 Å². The molecule has 0 aromatic heterocycles. The van der Waals surface area contributed by atoms with Gasteiger partial charge in [-0.1, -0.05) is 110 Å². The van der Waals surface area contributed by atoms with E-state index in [1.165, 1.54) is 24.0 Å². The van der Waals surface area contributed by atoms with Crippen LogP contribution in [-0.2, 0) is 28.9 Å². The zero-order valence-electron chi connectivity index (χ0n) is 33.4. The Labute approximate surface area is 311 Å². The molecule has 2 aromatic carbocycles. The molecule has 8 heteroatoms. The molecule has 2 aromatic rings. The van der Waals surface area contributed by atoms with Gasteiger partial charge in [0, 0.05) is 31.4 Å². The number of nitrogens with one attached hydrogen (secondary N) is 4. The Hall–Kier alpha value is -3.23. The van der Waals surface area contributed by atoms with Crippen LogP contribution in [0.2, 0.25) is 0 Å². The van der Waals surface area contributed by atoms with Crippen molar-refractivity contribution in [2.45, 2.75) is 132 Å². The molecule has 0 bridgehead atoms. The molecule has 0 radical (unpaired) electrons. The Morgan fingerprint density at radius 1 is 0.882 bits per heavy atom. The second-order valence-electron chi connectivity index (χ2n) is 14.3. The molecule has 2 amide bonds. The molecule has 2 unspecified atom stereocenters. The molecule has 0 saturated heterocycles. The molecular weight excluding hydrogens is 638 g/mol. The molecule has 0 aliphatic carbocycles. The SMILES string of the molecule is C=C1CN[C@@H](C)CCc2ccccc2CC(C)CNC(=O)C(CN(CCC)CCCCC)NC(=O)CN1.CCC.CCCc1ccc(C)cc1F. The molecule has 51 heavy (non-hydrogen) atoms. The number of carbonyl (C=O) groups is 2. The average molecular weight is 710 g/mol. The molecule has 1 aliphatic rings. The summed E-state index contributed by atoms with van der Waals surface area (Å²) in [4.78, 5) is 28.4. The summed E-state index contributed by atoms with van der Waals surface area (Å²) < 4.78 is 13.0. The maximum atomic E-state index is 13.3. The number of hydrogen-bond acceptors (Lipinski definition) is 5. The molecule has 3 atom stereocenters. The Balaban J connectivity index is 0.000000773. The van der Waals surface area contributed by atoms with Crippen molar-refractivity contribution in [3.05, 3.63) is 82.8 Å². The second-order valence-corrected chi connectivity index (χ2v) is 14.3. The number of rotatable bonds is 10. The highest BCUT2D eigenvalue weighted by Crippen LogP contribution is 2.17. The lowest BCUT2D eigenvalue weighted by Gasteiger charge is -2.28. The maximum Gasteiger partial charge on any atom is 0.243 e. The molecule has 3 rings (SSSR count). The lowest BCUT2D eigenvalue weighted by Crippen LogP contribution is -2.54. The van der Waals surface area contributed by atoms with E-state index in [-0.39, 0.29) is 30.1 Å². The summed E-state index contributed by atoms with van der Waals surface area (Å²) >= 11 is 0. The van der Waals surface area contributed by atoms with E-state index in [1.807, 2.05) is 19.1 Å². The fourth-order valence-corrected chi connectivity index (χ4v) is 5.90. The van der Waals surface area contributed by atoms with Crippen LogP contribution in [0.3, 0.4) is 0 Å². The first-order valence-electron chi connectivity index (χ1n) is 19.7. The normalized spacial score (nSPS) is 19.1. The van der Waals surface area contributed by atoms with E-state index in [9.17, 15) is 14.0 Å². The van der Waals surface area contributed by atoms with E-state index in [1.54, 1.807) is 6.07 Å². The lowest BCUT2D eigenvalue weighted by molar-refractivity contribution is -0.129. The summed E-state index contributed by atoms with van der Waals surface area (Å²) in [6, 6.07) is 13.8. The van der Waals surface area contributed by atoms with Gasteiger partial charge in [0.05, 0.1) is 6.54 Å². The van der Waals surface area contributed by atoms with Gasteiger partial charge in [-0.15, -0.1) is 0 Å². The van der Waals surface area contributed by atoms with Crippen molar-refractivity contribution in [2.75, 3.05) is 39.3 Å². The number of aryl methyl sites for hydroxylation is 3. The lowest BCUT2D eigenvalue weighted by atomic mass is 9.93. The van der Waals surface area contributed by atoms with Crippen LogP contribution in [-0.4, -0.2) is 68.1 Å². The number of nitrogens with zero attached hydrogens (tertiary/aromatic N) is 1. The monoisotopic (exact) mass is 710 g/mol. The van der Waals surface area contributed by atoms with Gasteiger partial charge in [-0.3, -0.25) is 9.59 Å². The zero-order chi connectivity index (χ0) is 38.0. The van der Waals surface area contributed by atoms with Crippen LogP contribution in [0.1, 0.15) is 116 Å². The van der Waals surface area contributed by atoms with E-state index in [2.05, 4.69) is 105 Å². The fraction of sp³-hybridized carbons (Fsp3) is 0.628. The van der Waals surface area contributed by atoms with Crippen LogP contribution >= 0.6 is 0 Å². The standard InChI is InChI=1S/C30H51N5O2.C10H13F.C3H8/c1-6-8-11-17-35(16-7-2)22-28-30(37)33-19-23(3)18-27-13-10-9-12-26(27)15-14-24(4)31-20-25(5)32-21-29(36)34-28;1-3-4-9-6-5-8(2)7-10(9)11;1-3-2/h9-10,12-13,23-24,28,31-32H,5-8,11,14-22H2,1-4H3,(H,33,37)(H,34,36);5-7H,3-4H2,1-2H3;3H2,1-2H3/t23?,24-,28?;;/m0../s1. The minimum atomic E-state index is -0.591. The molecule has 1 heterocycles. The van der Waals surface area contributed by atoms with Gasteiger partial charge in [0.25, 0.3) is 0 Å². The van der Waals surface area contributed by atoms with Crippen molar-refractivity contribution >= 4 is 11.8 Å². The van der Waals surface area contributed by atoms with E-state index in [0.29, 0.717) is 25.7 Å². The van der Waals surface area contributed by atoms with Crippen LogP contribution in [0.25, 0.3) is 0 Å². The predicted octanol–water partition coefficient (Wildman–Crippen LogP) is 7.90. The Kier molecular flexibility index (Phi) is 24.6. The van der Waals surface area contributed by atoms with Crippen molar-refractivity contribution in [1.29, 1.82) is 0 Å².